The molecular weight excluding hydrogens is 316 g/mol. The summed E-state index contributed by atoms with van der Waals surface area (Å²) in [5, 5.41) is 9.56. The van der Waals surface area contributed by atoms with Crippen molar-refractivity contribution in [2.45, 2.75) is 13.3 Å². The number of amides is 2. The van der Waals surface area contributed by atoms with Gasteiger partial charge in [-0.3, -0.25) is 9.59 Å². The fourth-order valence-corrected chi connectivity index (χ4v) is 3.11. The Morgan fingerprint density at radius 2 is 1.40 bits per heavy atom. The van der Waals surface area contributed by atoms with E-state index in [1.165, 1.54) is 6.07 Å². The number of phenolic OH excluding ortho intramolecular Hbond substituents is 1. The first kappa shape index (κ1) is 17.0. The second-order valence-corrected chi connectivity index (χ2v) is 6.36. The average molecular weight is 338 g/mol. The van der Waals surface area contributed by atoms with E-state index in [0.29, 0.717) is 37.3 Å². The molecule has 1 N–H and O–H groups in total. The molecule has 1 aliphatic heterocycles. The second kappa shape index (κ2) is 7.38. The first-order valence-corrected chi connectivity index (χ1v) is 8.49. The van der Waals surface area contributed by atoms with Gasteiger partial charge in [-0.1, -0.05) is 23.8 Å². The van der Waals surface area contributed by atoms with E-state index in [1.807, 2.05) is 36.1 Å². The van der Waals surface area contributed by atoms with E-state index in [2.05, 4.69) is 0 Å². The van der Waals surface area contributed by atoms with Gasteiger partial charge >= 0.3 is 0 Å². The third-order valence-electron chi connectivity index (χ3n) is 4.43. The third-order valence-corrected chi connectivity index (χ3v) is 4.43. The van der Waals surface area contributed by atoms with Crippen molar-refractivity contribution in [3.05, 3.63) is 65.2 Å². The van der Waals surface area contributed by atoms with Crippen molar-refractivity contribution in [2.24, 2.45) is 0 Å². The topological polar surface area (TPSA) is 60.9 Å². The van der Waals surface area contributed by atoms with Crippen LogP contribution in [0.2, 0.25) is 0 Å². The van der Waals surface area contributed by atoms with Gasteiger partial charge in [0, 0.05) is 37.3 Å². The number of hydrogen-bond acceptors (Lipinski definition) is 3. The van der Waals surface area contributed by atoms with Gasteiger partial charge in [-0.15, -0.1) is 0 Å². The van der Waals surface area contributed by atoms with Crippen LogP contribution in [0, 0.1) is 6.92 Å². The molecule has 0 saturated carbocycles. The number of nitrogens with zero attached hydrogens (tertiary/aromatic N) is 2. The standard InChI is InChI=1S/C20H22N2O3/c1-15-5-2-6-16(13-15)19(24)21-9-4-10-22(12-11-21)20(25)17-7-3-8-18(23)14-17/h2-3,5-8,13-14,23H,4,9-12H2,1H3. The van der Waals surface area contributed by atoms with Gasteiger partial charge in [0.15, 0.2) is 0 Å². The molecule has 0 aliphatic carbocycles. The molecule has 1 aliphatic rings. The molecule has 130 valence electrons. The number of aromatic hydroxyl groups is 1. The van der Waals surface area contributed by atoms with Crippen LogP contribution in [-0.2, 0) is 0 Å². The van der Waals surface area contributed by atoms with Crippen LogP contribution < -0.4 is 0 Å². The van der Waals surface area contributed by atoms with E-state index >= 15 is 0 Å². The second-order valence-electron chi connectivity index (χ2n) is 6.36. The summed E-state index contributed by atoms with van der Waals surface area (Å²) in [4.78, 5) is 28.9. The van der Waals surface area contributed by atoms with Crippen LogP contribution in [0.3, 0.4) is 0 Å². The smallest absolute Gasteiger partial charge is 0.254 e. The molecule has 5 heteroatoms. The van der Waals surface area contributed by atoms with Crippen LogP contribution in [0.15, 0.2) is 48.5 Å². The normalized spacial score (nSPS) is 14.9. The largest absolute Gasteiger partial charge is 0.508 e. The van der Waals surface area contributed by atoms with Gasteiger partial charge in [0.1, 0.15) is 5.75 Å². The fourth-order valence-electron chi connectivity index (χ4n) is 3.11. The highest BCUT2D eigenvalue weighted by Gasteiger charge is 2.23. The Bertz CT molecular complexity index is 723. The van der Waals surface area contributed by atoms with Crippen molar-refractivity contribution in [1.82, 2.24) is 9.80 Å². The van der Waals surface area contributed by atoms with Crippen LogP contribution in [0.5, 0.6) is 5.75 Å². The lowest BCUT2D eigenvalue weighted by Gasteiger charge is -2.22. The quantitative estimate of drug-likeness (QED) is 0.916. The Morgan fingerprint density at radius 3 is 1.96 bits per heavy atom. The summed E-state index contributed by atoms with van der Waals surface area (Å²) in [6.07, 6.45) is 0.738. The van der Waals surface area contributed by atoms with Crippen LogP contribution in [-0.4, -0.2) is 52.9 Å². The Balaban J connectivity index is 1.68. The predicted molar refractivity (Wildman–Crippen MR) is 95.7 cm³/mol. The van der Waals surface area contributed by atoms with E-state index in [9.17, 15) is 14.7 Å². The van der Waals surface area contributed by atoms with Gasteiger partial charge in [-0.2, -0.15) is 0 Å². The SMILES string of the molecule is Cc1cccc(C(=O)N2CCCN(C(=O)c3cccc(O)c3)CC2)c1. The summed E-state index contributed by atoms with van der Waals surface area (Å²) >= 11 is 0. The van der Waals surface area contributed by atoms with Crippen molar-refractivity contribution in [3.8, 4) is 5.75 Å². The van der Waals surface area contributed by atoms with E-state index < -0.39 is 0 Å². The van der Waals surface area contributed by atoms with Crippen molar-refractivity contribution < 1.29 is 14.7 Å². The van der Waals surface area contributed by atoms with Crippen molar-refractivity contribution >= 4 is 11.8 Å². The van der Waals surface area contributed by atoms with Gasteiger partial charge in [-0.25, -0.2) is 0 Å². The minimum Gasteiger partial charge on any atom is -0.508 e. The van der Waals surface area contributed by atoms with Gasteiger partial charge < -0.3 is 14.9 Å². The summed E-state index contributed by atoms with van der Waals surface area (Å²) < 4.78 is 0. The molecule has 2 aromatic carbocycles. The van der Waals surface area contributed by atoms with Crippen LogP contribution >= 0.6 is 0 Å². The molecule has 5 nitrogen and oxygen atoms in total. The van der Waals surface area contributed by atoms with E-state index in [1.54, 1.807) is 23.1 Å². The van der Waals surface area contributed by atoms with E-state index in [0.717, 1.165) is 12.0 Å². The molecule has 0 spiro atoms. The first-order chi connectivity index (χ1) is 12.0. The maximum atomic E-state index is 12.7. The molecule has 2 amide bonds. The van der Waals surface area contributed by atoms with Crippen LogP contribution in [0.4, 0.5) is 0 Å². The van der Waals surface area contributed by atoms with Crippen LogP contribution in [0.25, 0.3) is 0 Å². The molecule has 1 saturated heterocycles. The minimum absolute atomic E-state index is 0.00959. The molecule has 0 atom stereocenters. The Morgan fingerprint density at radius 1 is 0.840 bits per heavy atom. The summed E-state index contributed by atoms with van der Waals surface area (Å²) in [5.41, 5.74) is 2.22. The molecule has 0 bridgehead atoms. The summed E-state index contributed by atoms with van der Waals surface area (Å²) in [6, 6.07) is 14.0. The number of rotatable bonds is 2. The monoisotopic (exact) mass is 338 g/mol. The molecule has 0 unspecified atom stereocenters. The maximum Gasteiger partial charge on any atom is 0.254 e. The molecule has 2 aromatic rings. The molecular formula is C20H22N2O3. The summed E-state index contributed by atoms with van der Waals surface area (Å²) in [5.74, 6) is -0.0203. The van der Waals surface area contributed by atoms with Crippen molar-refractivity contribution in [2.75, 3.05) is 26.2 Å². The summed E-state index contributed by atoms with van der Waals surface area (Å²) in [7, 11) is 0. The number of carbonyl (C=O) groups is 2. The van der Waals surface area contributed by atoms with Crippen molar-refractivity contribution in [3.63, 3.8) is 0 Å². The number of aryl methyl sites for hydroxylation is 1. The number of benzene rings is 2. The number of phenols is 1. The highest BCUT2D eigenvalue weighted by Crippen LogP contribution is 2.16. The Hall–Kier alpha value is -2.82. The zero-order chi connectivity index (χ0) is 17.8. The average Bonchev–Trinajstić information content (AvgIpc) is 2.86. The zero-order valence-electron chi connectivity index (χ0n) is 14.3. The van der Waals surface area contributed by atoms with Gasteiger partial charge in [-0.05, 0) is 43.7 Å². The Kier molecular flexibility index (Phi) is 5.03. The molecule has 0 aromatic heterocycles. The molecule has 1 heterocycles. The molecule has 3 rings (SSSR count). The lowest BCUT2D eigenvalue weighted by Crippen LogP contribution is -2.37. The number of carbonyl (C=O) groups excluding carboxylic acids is 2. The lowest BCUT2D eigenvalue weighted by molar-refractivity contribution is 0.0718. The van der Waals surface area contributed by atoms with Crippen molar-refractivity contribution in [1.29, 1.82) is 0 Å². The van der Waals surface area contributed by atoms with Gasteiger partial charge in [0.25, 0.3) is 11.8 Å². The van der Waals surface area contributed by atoms with Crippen LogP contribution in [0.1, 0.15) is 32.7 Å². The highest BCUT2D eigenvalue weighted by molar-refractivity contribution is 5.95. The molecule has 0 radical (unpaired) electrons. The van der Waals surface area contributed by atoms with Gasteiger partial charge in [0.05, 0.1) is 0 Å². The van der Waals surface area contributed by atoms with Gasteiger partial charge in [0.2, 0.25) is 0 Å². The lowest BCUT2D eigenvalue weighted by atomic mass is 10.1. The van der Waals surface area contributed by atoms with E-state index in [-0.39, 0.29) is 17.6 Å². The molecule has 25 heavy (non-hydrogen) atoms. The fraction of sp³-hybridized carbons (Fsp3) is 0.300. The Labute approximate surface area is 147 Å². The first-order valence-electron chi connectivity index (χ1n) is 8.49. The predicted octanol–water partition coefficient (Wildman–Crippen LogP) is 2.69. The zero-order valence-corrected chi connectivity index (χ0v) is 14.3. The molecule has 1 fully saturated rings. The summed E-state index contributed by atoms with van der Waals surface area (Å²) in [6.45, 7) is 4.21. The van der Waals surface area contributed by atoms with E-state index in [4.69, 9.17) is 0 Å². The number of hydrogen-bond donors (Lipinski definition) is 1. The highest BCUT2D eigenvalue weighted by atomic mass is 16.3. The minimum atomic E-state index is -0.110. The maximum absolute atomic E-state index is 12.7. The third kappa shape index (κ3) is 3.99.